The number of halogens is 1. The van der Waals surface area contributed by atoms with E-state index in [9.17, 15) is 14.7 Å². The number of pyridine rings is 1. The van der Waals surface area contributed by atoms with E-state index in [0.717, 1.165) is 4.90 Å². The fraction of sp³-hybridized carbons (Fsp3) is 0.417. The highest BCUT2D eigenvalue weighted by molar-refractivity contribution is 6.33. The quantitative estimate of drug-likeness (QED) is 0.834. The summed E-state index contributed by atoms with van der Waals surface area (Å²) >= 11 is 5.97. The fourth-order valence-electron chi connectivity index (χ4n) is 2.11. The van der Waals surface area contributed by atoms with E-state index in [2.05, 4.69) is 4.98 Å². The lowest BCUT2D eigenvalue weighted by Crippen LogP contribution is -2.40. The number of carboxylic acid groups (broad SMARTS) is 1. The van der Waals surface area contributed by atoms with Crippen LogP contribution < -0.4 is 0 Å². The zero-order chi connectivity index (χ0) is 14.2. The third-order valence-corrected chi connectivity index (χ3v) is 3.36. The molecule has 1 aliphatic heterocycles. The van der Waals surface area contributed by atoms with E-state index in [1.165, 1.54) is 12.3 Å². The number of aliphatic hydroxyl groups excluding tert-OH is 1. The number of carbonyl (C=O) groups excluding carboxylic acids is 1. The Morgan fingerprint density at radius 1 is 1.53 bits per heavy atom. The van der Waals surface area contributed by atoms with Crippen LogP contribution in [-0.4, -0.2) is 50.7 Å². The van der Waals surface area contributed by atoms with Gasteiger partial charge in [0.1, 0.15) is 6.04 Å². The molecule has 1 fully saturated rings. The minimum Gasteiger partial charge on any atom is -0.480 e. The van der Waals surface area contributed by atoms with E-state index in [1.54, 1.807) is 6.92 Å². The number of aromatic nitrogens is 1. The second-order valence-electron chi connectivity index (χ2n) is 4.51. The van der Waals surface area contributed by atoms with E-state index in [-0.39, 0.29) is 23.6 Å². The zero-order valence-electron chi connectivity index (χ0n) is 10.2. The SMILES string of the molecule is Cc1cc(Cl)c(C(=O)N2C[C@@H](O)C[C@H]2C(=O)O)cn1. The van der Waals surface area contributed by atoms with Crippen LogP contribution in [0, 0.1) is 6.92 Å². The minimum absolute atomic E-state index is 0.0139. The van der Waals surface area contributed by atoms with E-state index in [0.29, 0.717) is 5.69 Å². The maximum Gasteiger partial charge on any atom is 0.326 e. The average molecular weight is 285 g/mol. The first-order chi connectivity index (χ1) is 8.90. The summed E-state index contributed by atoms with van der Waals surface area (Å²) in [6.45, 7) is 1.72. The number of aliphatic hydroxyl groups is 1. The molecule has 1 aromatic heterocycles. The number of likely N-dealkylation sites (tertiary alicyclic amines) is 1. The van der Waals surface area contributed by atoms with Crippen LogP contribution in [-0.2, 0) is 4.79 Å². The predicted octanol–water partition coefficient (Wildman–Crippen LogP) is 0.703. The lowest BCUT2D eigenvalue weighted by Gasteiger charge is -2.21. The third-order valence-electron chi connectivity index (χ3n) is 3.05. The van der Waals surface area contributed by atoms with Crippen molar-refractivity contribution in [1.82, 2.24) is 9.88 Å². The van der Waals surface area contributed by atoms with Crippen molar-refractivity contribution in [2.24, 2.45) is 0 Å². The van der Waals surface area contributed by atoms with Gasteiger partial charge in [-0.2, -0.15) is 0 Å². The third kappa shape index (κ3) is 2.69. The number of β-amino-alcohol motifs (C(OH)–C–C–N with tert-alkyl or cyclic N) is 1. The molecule has 2 heterocycles. The fourth-order valence-corrected chi connectivity index (χ4v) is 2.40. The number of hydrogen-bond donors (Lipinski definition) is 2. The minimum atomic E-state index is -1.14. The van der Waals surface area contributed by atoms with E-state index < -0.39 is 24.0 Å². The van der Waals surface area contributed by atoms with Gasteiger partial charge in [0.2, 0.25) is 0 Å². The van der Waals surface area contributed by atoms with Crippen LogP contribution in [0.5, 0.6) is 0 Å². The lowest BCUT2D eigenvalue weighted by molar-refractivity contribution is -0.141. The second kappa shape index (κ2) is 5.14. The van der Waals surface area contributed by atoms with Crippen LogP contribution in [0.2, 0.25) is 5.02 Å². The zero-order valence-corrected chi connectivity index (χ0v) is 11.0. The smallest absolute Gasteiger partial charge is 0.326 e. The summed E-state index contributed by atoms with van der Waals surface area (Å²) in [6.07, 6.45) is 0.518. The Morgan fingerprint density at radius 3 is 2.79 bits per heavy atom. The Kier molecular flexibility index (Phi) is 3.73. The van der Waals surface area contributed by atoms with Crippen LogP contribution >= 0.6 is 11.6 Å². The summed E-state index contributed by atoms with van der Waals surface area (Å²) in [7, 11) is 0. The molecule has 19 heavy (non-hydrogen) atoms. The topological polar surface area (TPSA) is 90.7 Å². The summed E-state index contributed by atoms with van der Waals surface area (Å²) < 4.78 is 0. The maximum absolute atomic E-state index is 12.3. The van der Waals surface area contributed by atoms with Gasteiger partial charge < -0.3 is 15.1 Å². The van der Waals surface area contributed by atoms with Gasteiger partial charge in [-0.05, 0) is 13.0 Å². The number of aryl methyl sites for hydroxylation is 1. The molecule has 7 heteroatoms. The number of nitrogens with zero attached hydrogens (tertiary/aromatic N) is 2. The van der Waals surface area contributed by atoms with Crippen molar-refractivity contribution in [2.75, 3.05) is 6.54 Å². The highest BCUT2D eigenvalue weighted by Gasteiger charge is 2.39. The molecular weight excluding hydrogens is 272 g/mol. The van der Waals surface area contributed by atoms with Crippen LogP contribution in [0.25, 0.3) is 0 Å². The Morgan fingerprint density at radius 2 is 2.21 bits per heavy atom. The van der Waals surface area contributed by atoms with Crippen molar-refractivity contribution in [2.45, 2.75) is 25.5 Å². The lowest BCUT2D eigenvalue weighted by atomic mass is 10.2. The number of rotatable bonds is 2. The van der Waals surface area contributed by atoms with E-state index in [4.69, 9.17) is 16.7 Å². The van der Waals surface area contributed by atoms with Gasteiger partial charge in [0.05, 0.1) is 16.7 Å². The van der Waals surface area contributed by atoms with Crippen molar-refractivity contribution in [3.63, 3.8) is 0 Å². The van der Waals surface area contributed by atoms with E-state index >= 15 is 0 Å². The monoisotopic (exact) mass is 284 g/mol. The molecule has 0 aromatic carbocycles. The summed E-state index contributed by atoms with van der Waals surface area (Å²) in [5, 5.41) is 18.8. The molecule has 0 bridgehead atoms. The Balaban J connectivity index is 2.30. The molecule has 0 aliphatic carbocycles. The first-order valence-electron chi connectivity index (χ1n) is 5.74. The Hall–Kier alpha value is -1.66. The molecule has 1 aliphatic rings. The predicted molar refractivity (Wildman–Crippen MR) is 67.1 cm³/mol. The van der Waals surface area contributed by atoms with Crippen LogP contribution in [0.15, 0.2) is 12.3 Å². The standard InChI is InChI=1S/C12H13ClN2O4/c1-6-2-9(13)8(4-14-6)11(17)15-5-7(16)3-10(15)12(18)19/h2,4,7,10,16H,3,5H2,1H3,(H,18,19)/t7-,10-/m0/s1. The van der Waals surface area contributed by atoms with Gasteiger partial charge >= 0.3 is 5.97 Å². The molecule has 6 nitrogen and oxygen atoms in total. The molecule has 2 N–H and O–H groups in total. The summed E-state index contributed by atoms with van der Waals surface area (Å²) in [4.78, 5) is 28.4. The summed E-state index contributed by atoms with van der Waals surface area (Å²) in [5.74, 6) is -1.66. The summed E-state index contributed by atoms with van der Waals surface area (Å²) in [6, 6.07) is 0.511. The number of hydrogen-bond acceptors (Lipinski definition) is 4. The van der Waals surface area contributed by atoms with Crippen LogP contribution in [0.3, 0.4) is 0 Å². The van der Waals surface area contributed by atoms with E-state index in [1.807, 2.05) is 0 Å². The van der Waals surface area contributed by atoms with Gasteiger partial charge in [-0.3, -0.25) is 9.78 Å². The molecule has 0 saturated carbocycles. The van der Waals surface area contributed by atoms with Crippen molar-refractivity contribution in [3.05, 3.63) is 28.5 Å². The van der Waals surface area contributed by atoms with Gasteiger partial charge in [-0.25, -0.2) is 4.79 Å². The van der Waals surface area contributed by atoms with Crippen molar-refractivity contribution < 1.29 is 19.8 Å². The highest BCUT2D eigenvalue weighted by atomic mass is 35.5. The largest absolute Gasteiger partial charge is 0.480 e. The second-order valence-corrected chi connectivity index (χ2v) is 4.91. The van der Waals surface area contributed by atoms with Crippen LogP contribution in [0.4, 0.5) is 0 Å². The number of carboxylic acids is 1. The average Bonchev–Trinajstić information content (AvgIpc) is 2.70. The maximum atomic E-state index is 12.3. The van der Waals surface area contributed by atoms with Crippen molar-refractivity contribution >= 4 is 23.5 Å². The highest BCUT2D eigenvalue weighted by Crippen LogP contribution is 2.24. The van der Waals surface area contributed by atoms with Gasteiger partial charge in [0.15, 0.2) is 0 Å². The van der Waals surface area contributed by atoms with Gasteiger partial charge in [0, 0.05) is 24.9 Å². The Labute approximate surface area is 114 Å². The number of aliphatic carboxylic acids is 1. The van der Waals surface area contributed by atoms with Gasteiger partial charge in [0.25, 0.3) is 5.91 Å². The molecule has 0 unspecified atom stereocenters. The number of carbonyl (C=O) groups is 2. The number of amides is 1. The van der Waals surface area contributed by atoms with Crippen molar-refractivity contribution in [3.8, 4) is 0 Å². The first-order valence-corrected chi connectivity index (χ1v) is 6.12. The summed E-state index contributed by atoms with van der Waals surface area (Å²) in [5.41, 5.74) is 0.811. The molecule has 0 radical (unpaired) electrons. The molecule has 102 valence electrons. The van der Waals surface area contributed by atoms with Gasteiger partial charge in [-0.1, -0.05) is 11.6 Å². The Bertz CT molecular complexity index is 534. The van der Waals surface area contributed by atoms with Crippen LogP contribution in [0.1, 0.15) is 22.5 Å². The van der Waals surface area contributed by atoms with Crippen molar-refractivity contribution in [1.29, 1.82) is 0 Å². The molecule has 2 atom stereocenters. The molecule has 1 saturated heterocycles. The normalized spacial score (nSPS) is 22.6. The molecule has 1 amide bonds. The molecule has 2 rings (SSSR count). The first kappa shape index (κ1) is 13.8. The van der Waals surface area contributed by atoms with Gasteiger partial charge in [-0.15, -0.1) is 0 Å². The molecule has 0 spiro atoms. The molecule has 1 aromatic rings. The molecular formula is C12H13ClN2O4.